The first-order chi connectivity index (χ1) is 8.97. The summed E-state index contributed by atoms with van der Waals surface area (Å²) in [4.78, 5) is 11.9. The molecule has 0 spiro atoms. The van der Waals surface area contributed by atoms with E-state index >= 15 is 0 Å². The van der Waals surface area contributed by atoms with E-state index in [1.165, 1.54) is 6.07 Å². The van der Waals surface area contributed by atoms with Crippen LogP contribution in [0.15, 0.2) is 40.9 Å². The Hall–Kier alpha value is -1.75. The lowest BCUT2D eigenvalue weighted by molar-refractivity contribution is 0.102. The van der Waals surface area contributed by atoms with Crippen LogP contribution in [0.3, 0.4) is 0 Å². The molecular formula is C14H10BrF2NO. The van der Waals surface area contributed by atoms with Gasteiger partial charge < -0.3 is 5.32 Å². The Balaban J connectivity index is 2.20. The molecular weight excluding hydrogens is 316 g/mol. The van der Waals surface area contributed by atoms with E-state index in [2.05, 4.69) is 21.2 Å². The van der Waals surface area contributed by atoms with Crippen LogP contribution < -0.4 is 5.32 Å². The van der Waals surface area contributed by atoms with Gasteiger partial charge in [0.2, 0.25) is 0 Å². The van der Waals surface area contributed by atoms with Crippen LogP contribution in [0.5, 0.6) is 0 Å². The fourth-order valence-corrected chi connectivity index (χ4v) is 1.81. The van der Waals surface area contributed by atoms with E-state index in [-0.39, 0.29) is 5.56 Å². The molecule has 0 radical (unpaired) electrons. The summed E-state index contributed by atoms with van der Waals surface area (Å²) in [6, 6.07) is 8.33. The molecule has 0 aliphatic heterocycles. The van der Waals surface area contributed by atoms with Crippen molar-refractivity contribution in [3.63, 3.8) is 0 Å². The fraction of sp³-hybridized carbons (Fsp3) is 0.0714. The molecule has 0 bridgehead atoms. The maximum atomic E-state index is 13.0. The molecule has 98 valence electrons. The van der Waals surface area contributed by atoms with E-state index in [0.717, 1.165) is 22.2 Å². The molecule has 0 heterocycles. The first kappa shape index (κ1) is 13.7. The Morgan fingerprint density at radius 3 is 2.47 bits per heavy atom. The Labute approximate surface area is 117 Å². The van der Waals surface area contributed by atoms with Crippen molar-refractivity contribution >= 4 is 27.5 Å². The van der Waals surface area contributed by atoms with Gasteiger partial charge >= 0.3 is 0 Å². The highest BCUT2D eigenvalue weighted by Gasteiger charge is 2.10. The summed E-state index contributed by atoms with van der Waals surface area (Å²) in [6.07, 6.45) is 0. The third-order valence-electron chi connectivity index (χ3n) is 2.60. The van der Waals surface area contributed by atoms with Crippen LogP contribution in [0, 0.1) is 18.6 Å². The van der Waals surface area contributed by atoms with Crippen molar-refractivity contribution in [2.24, 2.45) is 0 Å². The van der Waals surface area contributed by atoms with E-state index in [1.54, 1.807) is 18.2 Å². The van der Waals surface area contributed by atoms with Crippen LogP contribution in [-0.2, 0) is 0 Å². The Morgan fingerprint density at radius 2 is 1.84 bits per heavy atom. The van der Waals surface area contributed by atoms with Crippen molar-refractivity contribution in [1.29, 1.82) is 0 Å². The number of anilines is 1. The Bertz CT molecular complexity index is 643. The molecule has 2 nitrogen and oxygen atoms in total. The van der Waals surface area contributed by atoms with Gasteiger partial charge in [-0.3, -0.25) is 4.79 Å². The highest BCUT2D eigenvalue weighted by Crippen LogP contribution is 2.20. The fourth-order valence-electron chi connectivity index (χ4n) is 1.56. The number of carbonyl (C=O) groups excluding carboxylic acids is 1. The lowest BCUT2D eigenvalue weighted by Gasteiger charge is -2.07. The molecule has 0 aliphatic rings. The van der Waals surface area contributed by atoms with Crippen LogP contribution in [0.1, 0.15) is 15.9 Å². The van der Waals surface area contributed by atoms with E-state index in [0.29, 0.717) is 5.69 Å². The number of hydrogen-bond donors (Lipinski definition) is 1. The van der Waals surface area contributed by atoms with Gasteiger partial charge in [-0.25, -0.2) is 8.78 Å². The molecule has 1 N–H and O–H groups in total. The maximum Gasteiger partial charge on any atom is 0.255 e. The van der Waals surface area contributed by atoms with Crippen LogP contribution in [0.25, 0.3) is 0 Å². The number of halogens is 3. The molecule has 0 atom stereocenters. The van der Waals surface area contributed by atoms with E-state index in [4.69, 9.17) is 0 Å². The summed E-state index contributed by atoms with van der Waals surface area (Å²) in [5, 5.41) is 2.62. The maximum absolute atomic E-state index is 13.0. The normalized spacial score (nSPS) is 10.3. The quantitative estimate of drug-likeness (QED) is 0.876. The molecule has 0 aliphatic carbocycles. The number of nitrogens with one attached hydrogen (secondary N) is 1. The van der Waals surface area contributed by atoms with E-state index in [1.807, 2.05) is 6.92 Å². The summed E-state index contributed by atoms with van der Waals surface area (Å²) in [5.74, 6) is -2.50. The SMILES string of the molecule is Cc1cc(NC(=O)c2ccc(F)c(F)c2)ccc1Br. The van der Waals surface area contributed by atoms with Gasteiger partial charge in [-0.1, -0.05) is 15.9 Å². The highest BCUT2D eigenvalue weighted by molar-refractivity contribution is 9.10. The van der Waals surface area contributed by atoms with Crippen molar-refractivity contribution < 1.29 is 13.6 Å². The number of rotatable bonds is 2. The lowest BCUT2D eigenvalue weighted by Crippen LogP contribution is -2.12. The summed E-state index contributed by atoms with van der Waals surface area (Å²) in [6.45, 7) is 1.89. The number of hydrogen-bond acceptors (Lipinski definition) is 1. The minimum Gasteiger partial charge on any atom is -0.322 e. The van der Waals surface area contributed by atoms with Gasteiger partial charge in [0.15, 0.2) is 11.6 Å². The molecule has 0 aromatic heterocycles. The first-order valence-corrected chi connectivity index (χ1v) is 6.29. The van der Waals surface area contributed by atoms with Gasteiger partial charge in [-0.2, -0.15) is 0 Å². The minimum atomic E-state index is -1.04. The van der Waals surface area contributed by atoms with Crippen molar-refractivity contribution in [1.82, 2.24) is 0 Å². The summed E-state index contributed by atoms with van der Waals surface area (Å²) in [7, 11) is 0. The van der Waals surface area contributed by atoms with E-state index < -0.39 is 17.5 Å². The van der Waals surface area contributed by atoms with Crippen LogP contribution in [0.2, 0.25) is 0 Å². The lowest BCUT2D eigenvalue weighted by atomic mass is 10.2. The monoisotopic (exact) mass is 325 g/mol. The van der Waals surface area contributed by atoms with Crippen molar-refractivity contribution in [3.8, 4) is 0 Å². The average molecular weight is 326 g/mol. The summed E-state index contributed by atoms with van der Waals surface area (Å²) >= 11 is 3.35. The standard InChI is InChI=1S/C14H10BrF2NO/c1-8-6-10(3-4-11(8)15)18-14(19)9-2-5-12(16)13(17)7-9/h2-7H,1H3,(H,18,19). The third kappa shape index (κ3) is 3.17. The predicted molar refractivity (Wildman–Crippen MR) is 73.2 cm³/mol. The largest absolute Gasteiger partial charge is 0.322 e. The third-order valence-corrected chi connectivity index (χ3v) is 3.49. The molecule has 0 unspecified atom stereocenters. The second-order valence-corrected chi connectivity index (χ2v) is 4.90. The second kappa shape index (κ2) is 5.48. The molecule has 19 heavy (non-hydrogen) atoms. The van der Waals surface area contributed by atoms with Crippen molar-refractivity contribution in [2.75, 3.05) is 5.32 Å². The van der Waals surface area contributed by atoms with Crippen molar-refractivity contribution in [3.05, 3.63) is 63.6 Å². The molecule has 2 aromatic rings. The molecule has 1 amide bonds. The molecule has 0 saturated carbocycles. The second-order valence-electron chi connectivity index (χ2n) is 4.05. The molecule has 0 fully saturated rings. The van der Waals surface area contributed by atoms with Crippen LogP contribution in [0.4, 0.5) is 14.5 Å². The average Bonchev–Trinajstić information content (AvgIpc) is 2.37. The van der Waals surface area contributed by atoms with Crippen LogP contribution >= 0.6 is 15.9 Å². The van der Waals surface area contributed by atoms with Gasteiger partial charge in [-0.05, 0) is 48.9 Å². The zero-order chi connectivity index (χ0) is 14.0. The smallest absolute Gasteiger partial charge is 0.255 e. The Kier molecular flexibility index (Phi) is 3.95. The molecule has 2 rings (SSSR count). The van der Waals surface area contributed by atoms with Gasteiger partial charge in [0.25, 0.3) is 5.91 Å². The predicted octanol–water partition coefficient (Wildman–Crippen LogP) is 4.29. The highest BCUT2D eigenvalue weighted by atomic mass is 79.9. The number of amides is 1. The summed E-state index contributed by atoms with van der Waals surface area (Å²) in [5.41, 5.74) is 1.62. The van der Waals surface area contributed by atoms with Gasteiger partial charge in [0.1, 0.15) is 0 Å². The number of carbonyl (C=O) groups is 1. The molecule has 2 aromatic carbocycles. The van der Waals surface area contributed by atoms with Crippen molar-refractivity contribution in [2.45, 2.75) is 6.92 Å². The zero-order valence-corrected chi connectivity index (χ0v) is 11.6. The number of aryl methyl sites for hydroxylation is 1. The molecule has 5 heteroatoms. The van der Waals surface area contributed by atoms with Gasteiger partial charge in [-0.15, -0.1) is 0 Å². The minimum absolute atomic E-state index is 0.0690. The topological polar surface area (TPSA) is 29.1 Å². The first-order valence-electron chi connectivity index (χ1n) is 5.50. The molecule has 0 saturated heterocycles. The zero-order valence-electron chi connectivity index (χ0n) is 10.0. The Morgan fingerprint density at radius 1 is 1.11 bits per heavy atom. The summed E-state index contributed by atoms with van der Waals surface area (Å²) < 4.78 is 26.7. The van der Waals surface area contributed by atoms with Crippen LogP contribution in [-0.4, -0.2) is 5.91 Å². The number of benzene rings is 2. The van der Waals surface area contributed by atoms with Gasteiger partial charge in [0.05, 0.1) is 0 Å². The van der Waals surface area contributed by atoms with Gasteiger partial charge in [0, 0.05) is 15.7 Å². The van der Waals surface area contributed by atoms with E-state index in [9.17, 15) is 13.6 Å².